The van der Waals surface area contributed by atoms with Gasteiger partial charge in [-0.1, -0.05) is 25.8 Å². The lowest BCUT2D eigenvalue weighted by Gasteiger charge is -2.21. The Hall–Kier alpha value is -2.31. The molecule has 0 bridgehead atoms. The van der Waals surface area contributed by atoms with Crippen LogP contribution >= 0.6 is 0 Å². The third-order valence-electron chi connectivity index (χ3n) is 6.14. The van der Waals surface area contributed by atoms with Crippen molar-refractivity contribution in [1.29, 1.82) is 0 Å². The van der Waals surface area contributed by atoms with Gasteiger partial charge in [0.1, 0.15) is 18.3 Å². The number of fused-ring (bicyclic) bond motifs is 1. The number of hydrogen-bond donors (Lipinski definition) is 0. The van der Waals surface area contributed by atoms with Gasteiger partial charge in [0.25, 0.3) is 0 Å². The third kappa shape index (κ3) is 9.22. The van der Waals surface area contributed by atoms with Crippen LogP contribution in [0.3, 0.4) is 0 Å². The zero-order chi connectivity index (χ0) is 24.2. The molecule has 0 aromatic carbocycles. The predicted octanol–water partition coefficient (Wildman–Crippen LogP) is 5.03. The minimum absolute atomic E-state index is 0.00688. The molecule has 1 aliphatic heterocycles. The molecule has 2 aliphatic rings. The Balaban J connectivity index is 2.01. The van der Waals surface area contributed by atoms with Gasteiger partial charge in [0, 0.05) is 44.9 Å². The molecule has 0 amide bonds. The molecule has 0 spiro atoms. The zero-order valence-corrected chi connectivity index (χ0v) is 20.5. The van der Waals surface area contributed by atoms with Gasteiger partial charge in [0.2, 0.25) is 0 Å². The Labute approximate surface area is 197 Å². The van der Waals surface area contributed by atoms with E-state index in [1.807, 2.05) is 6.08 Å². The fourth-order valence-electron chi connectivity index (χ4n) is 4.70. The minimum Gasteiger partial charge on any atom is -0.495 e. The summed E-state index contributed by atoms with van der Waals surface area (Å²) >= 11 is 0. The number of carbonyl (C=O) groups excluding carboxylic acids is 3. The van der Waals surface area contributed by atoms with Gasteiger partial charge in [-0.25, -0.2) is 0 Å². The first-order valence-electron chi connectivity index (χ1n) is 12.4. The second-order valence-electron chi connectivity index (χ2n) is 8.88. The molecule has 0 aromatic rings. The largest absolute Gasteiger partial charge is 0.495 e. The molecule has 5 unspecified atom stereocenters. The van der Waals surface area contributed by atoms with Gasteiger partial charge >= 0.3 is 17.9 Å². The summed E-state index contributed by atoms with van der Waals surface area (Å²) in [5, 5.41) is 0. The molecule has 7 heteroatoms. The van der Waals surface area contributed by atoms with E-state index in [1.54, 1.807) is 6.92 Å². The minimum atomic E-state index is -0.299. The molecular formula is C26H40O7. The van der Waals surface area contributed by atoms with Crippen molar-refractivity contribution in [2.45, 2.75) is 104 Å². The second kappa shape index (κ2) is 14.1. The monoisotopic (exact) mass is 464 g/mol. The van der Waals surface area contributed by atoms with Crippen LogP contribution in [0.15, 0.2) is 24.0 Å². The smallest absolute Gasteiger partial charge is 0.305 e. The second-order valence-corrected chi connectivity index (χ2v) is 8.88. The highest BCUT2D eigenvalue weighted by molar-refractivity contribution is 5.69. The average Bonchev–Trinajstić information content (AvgIpc) is 3.26. The lowest BCUT2D eigenvalue weighted by molar-refractivity contribution is -0.148. The van der Waals surface area contributed by atoms with E-state index in [2.05, 4.69) is 19.1 Å². The molecule has 0 N–H and O–H groups in total. The van der Waals surface area contributed by atoms with Crippen LogP contribution in [-0.4, -0.2) is 42.8 Å². The molecule has 0 aromatic heterocycles. The summed E-state index contributed by atoms with van der Waals surface area (Å²) in [6, 6.07) is 0. The molecule has 1 heterocycles. The molecule has 0 radical (unpaired) electrons. The highest BCUT2D eigenvalue weighted by Gasteiger charge is 2.49. The van der Waals surface area contributed by atoms with Crippen molar-refractivity contribution in [1.82, 2.24) is 0 Å². The van der Waals surface area contributed by atoms with Crippen LogP contribution in [0.1, 0.15) is 85.5 Å². The maximum Gasteiger partial charge on any atom is 0.305 e. The van der Waals surface area contributed by atoms with Crippen LogP contribution in [0.2, 0.25) is 0 Å². The number of hydrogen-bond acceptors (Lipinski definition) is 7. The molecule has 2 rings (SSSR count). The Kier molecular flexibility index (Phi) is 11.5. The Bertz CT molecular complexity index is 711. The fourth-order valence-corrected chi connectivity index (χ4v) is 4.70. The topological polar surface area (TPSA) is 88.1 Å². The van der Waals surface area contributed by atoms with E-state index in [1.165, 1.54) is 13.8 Å². The number of unbranched alkanes of at least 4 members (excludes halogenated alkanes) is 3. The van der Waals surface area contributed by atoms with Crippen molar-refractivity contribution in [2.24, 2.45) is 11.8 Å². The Morgan fingerprint density at radius 1 is 1.12 bits per heavy atom. The van der Waals surface area contributed by atoms with Crippen LogP contribution in [-0.2, 0) is 33.3 Å². The van der Waals surface area contributed by atoms with E-state index >= 15 is 0 Å². The highest BCUT2D eigenvalue weighted by Crippen LogP contribution is 2.46. The average molecular weight is 465 g/mol. The third-order valence-corrected chi connectivity index (χ3v) is 6.14. The van der Waals surface area contributed by atoms with Crippen molar-refractivity contribution in [3.05, 3.63) is 24.0 Å². The van der Waals surface area contributed by atoms with Gasteiger partial charge in [-0.05, 0) is 44.8 Å². The lowest BCUT2D eigenvalue weighted by Crippen LogP contribution is -2.23. The Morgan fingerprint density at radius 3 is 2.58 bits per heavy atom. The highest BCUT2D eigenvalue weighted by atomic mass is 16.6. The van der Waals surface area contributed by atoms with Gasteiger partial charge in [-0.2, -0.15) is 0 Å². The van der Waals surface area contributed by atoms with Crippen molar-refractivity contribution in [2.75, 3.05) is 6.61 Å². The molecule has 1 saturated carbocycles. The quantitative estimate of drug-likeness (QED) is 0.163. The van der Waals surface area contributed by atoms with Gasteiger partial charge < -0.3 is 18.9 Å². The van der Waals surface area contributed by atoms with Crippen LogP contribution < -0.4 is 0 Å². The molecule has 1 aliphatic carbocycles. The van der Waals surface area contributed by atoms with Gasteiger partial charge in [-0.15, -0.1) is 0 Å². The zero-order valence-electron chi connectivity index (χ0n) is 20.5. The lowest BCUT2D eigenvalue weighted by atomic mass is 9.90. The van der Waals surface area contributed by atoms with Crippen LogP contribution in [0.25, 0.3) is 0 Å². The fraction of sp³-hybridized carbons (Fsp3) is 0.731. The molecule has 7 nitrogen and oxygen atoms in total. The van der Waals surface area contributed by atoms with Crippen molar-refractivity contribution in [3.8, 4) is 0 Å². The van der Waals surface area contributed by atoms with Gasteiger partial charge in [-0.3, -0.25) is 14.4 Å². The van der Waals surface area contributed by atoms with Crippen molar-refractivity contribution < 1.29 is 33.3 Å². The summed E-state index contributed by atoms with van der Waals surface area (Å²) in [4.78, 5) is 34.7. The molecule has 186 valence electrons. The van der Waals surface area contributed by atoms with Crippen molar-refractivity contribution in [3.63, 3.8) is 0 Å². The molecular weight excluding hydrogens is 424 g/mol. The molecule has 2 fully saturated rings. The summed E-state index contributed by atoms with van der Waals surface area (Å²) in [5.41, 5.74) is 0. The number of allylic oxidation sites excluding steroid dienone is 2. The van der Waals surface area contributed by atoms with Crippen LogP contribution in [0.5, 0.6) is 0 Å². The first-order chi connectivity index (χ1) is 15.8. The number of carbonyl (C=O) groups is 3. The van der Waals surface area contributed by atoms with Gasteiger partial charge in [0.15, 0.2) is 0 Å². The van der Waals surface area contributed by atoms with E-state index in [0.29, 0.717) is 19.4 Å². The first kappa shape index (κ1) is 26.9. The van der Waals surface area contributed by atoms with Crippen LogP contribution in [0.4, 0.5) is 0 Å². The summed E-state index contributed by atoms with van der Waals surface area (Å²) in [6.45, 7) is 7.20. The van der Waals surface area contributed by atoms with Crippen LogP contribution in [0, 0.1) is 11.8 Å². The summed E-state index contributed by atoms with van der Waals surface area (Å²) in [5.74, 6) is 0.389. The van der Waals surface area contributed by atoms with E-state index in [-0.39, 0.29) is 48.1 Å². The maximum absolute atomic E-state index is 11.7. The SMILES string of the molecule is CCCCCC(/C=C/C1C(OC(C)=O)CC2O/C(=C\CCCC(=O)OCC)CC21)OC(C)=O. The molecule has 1 saturated heterocycles. The van der Waals surface area contributed by atoms with E-state index in [0.717, 1.165) is 50.7 Å². The van der Waals surface area contributed by atoms with Crippen molar-refractivity contribution >= 4 is 17.9 Å². The number of rotatable bonds is 13. The molecule has 33 heavy (non-hydrogen) atoms. The summed E-state index contributed by atoms with van der Waals surface area (Å²) in [6.07, 6.45) is 12.8. The first-order valence-corrected chi connectivity index (χ1v) is 12.4. The van der Waals surface area contributed by atoms with E-state index in [9.17, 15) is 14.4 Å². The predicted molar refractivity (Wildman–Crippen MR) is 124 cm³/mol. The number of esters is 3. The van der Waals surface area contributed by atoms with E-state index in [4.69, 9.17) is 18.9 Å². The van der Waals surface area contributed by atoms with Gasteiger partial charge in [0.05, 0.1) is 12.4 Å². The van der Waals surface area contributed by atoms with E-state index < -0.39 is 0 Å². The maximum atomic E-state index is 11.7. The summed E-state index contributed by atoms with van der Waals surface area (Å²) < 4.78 is 22.2. The number of ether oxygens (including phenoxy) is 4. The Morgan fingerprint density at radius 2 is 1.91 bits per heavy atom. The molecule has 5 atom stereocenters. The summed E-state index contributed by atoms with van der Waals surface area (Å²) in [7, 11) is 0. The normalized spacial score (nSPS) is 26.1. The standard InChI is InChI=1S/C26H40O7/c1-5-7-8-11-20(31-18(3)27)14-15-22-23-16-21(12-9-10-13-26(29)30-6-2)33-25(23)17-24(22)32-19(4)28/h12,14-15,20,22-25H,5-11,13,16-17H2,1-4H3/b15-14+,21-12-.